The van der Waals surface area contributed by atoms with Crippen molar-refractivity contribution in [2.24, 2.45) is 23.2 Å². The summed E-state index contributed by atoms with van der Waals surface area (Å²) in [7, 11) is 0. The molecule has 2 heteroatoms. The molecule has 4 fully saturated rings. The molecule has 1 unspecified atom stereocenters. The Morgan fingerprint density at radius 3 is 2.19 bits per heavy atom. The Balaban J connectivity index is 1.45. The van der Waals surface area contributed by atoms with Gasteiger partial charge in [0.25, 0.3) is 0 Å². The van der Waals surface area contributed by atoms with Crippen LogP contribution in [0.3, 0.4) is 0 Å². The van der Waals surface area contributed by atoms with Crippen molar-refractivity contribution in [1.29, 1.82) is 0 Å². The first-order valence-corrected chi connectivity index (χ1v) is 8.53. The Morgan fingerprint density at radius 2 is 1.62 bits per heavy atom. The number of hydrogen-bond donors (Lipinski definition) is 1. The van der Waals surface area contributed by atoms with Gasteiger partial charge in [-0.15, -0.1) is 0 Å². The minimum absolute atomic E-state index is 0.179. The van der Waals surface area contributed by atoms with E-state index < -0.39 is 6.10 Å². The minimum atomic E-state index is -0.391. The normalized spacial score (nSPS) is 38.7. The maximum absolute atomic E-state index is 13.7. The van der Waals surface area contributed by atoms with Gasteiger partial charge in [-0.05, 0) is 79.7 Å². The maximum atomic E-state index is 13.7. The van der Waals surface area contributed by atoms with Crippen LogP contribution >= 0.6 is 0 Å². The van der Waals surface area contributed by atoms with Crippen molar-refractivity contribution in [3.8, 4) is 0 Å². The van der Waals surface area contributed by atoms with Crippen LogP contribution in [0.1, 0.15) is 50.5 Å². The number of rotatable bonds is 4. The van der Waals surface area contributed by atoms with Crippen molar-refractivity contribution in [1.82, 2.24) is 0 Å². The van der Waals surface area contributed by atoms with Crippen LogP contribution in [-0.4, -0.2) is 11.2 Å². The minimum Gasteiger partial charge on any atom is -0.393 e. The lowest BCUT2D eigenvalue weighted by atomic mass is 9.48. The number of aliphatic hydroxyl groups excluding tert-OH is 1. The van der Waals surface area contributed by atoms with E-state index in [0.29, 0.717) is 17.4 Å². The van der Waals surface area contributed by atoms with Gasteiger partial charge in [-0.2, -0.15) is 0 Å². The van der Waals surface area contributed by atoms with Crippen LogP contribution in [0, 0.1) is 29.0 Å². The van der Waals surface area contributed by atoms with Crippen molar-refractivity contribution in [3.05, 3.63) is 35.6 Å². The highest BCUT2D eigenvalue weighted by Gasteiger charge is 2.51. The third-order valence-corrected chi connectivity index (χ3v) is 6.25. The molecule has 1 aromatic carbocycles. The highest BCUT2D eigenvalue weighted by Crippen LogP contribution is 2.61. The van der Waals surface area contributed by atoms with Crippen molar-refractivity contribution >= 4 is 0 Å². The zero-order chi connectivity index (χ0) is 14.4. The zero-order valence-corrected chi connectivity index (χ0v) is 12.6. The van der Waals surface area contributed by atoms with Crippen LogP contribution in [0.5, 0.6) is 0 Å². The van der Waals surface area contributed by atoms with Gasteiger partial charge >= 0.3 is 0 Å². The first-order valence-electron chi connectivity index (χ1n) is 8.53. The molecule has 0 spiro atoms. The van der Waals surface area contributed by atoms with E-state index >= 15 is 0 Å². The molecular weight excluding hydrogens is 263 g/mol. The molecule has 114 valence electrons. The molecular formula is C19H25FO. The van der Waals surface area contributed by atoms with Crippen LogP contribution in [0.4, 0.5) is 4.39 Å². The van der Waals surface area contributed by atoms with Crippen LogP contribution in [0.2, 0.25) is 0 Å². The Bertz CT molecular complexity index is 489. The molecule has 0 heterocycles. The molecule has 4 aliphatic rings. The molecule has 0 aliphatic heterocycles. The van der Waals surface area contributed by atoms with Gasteiger partial charge in [0.15, 0.2) is 0 Å². The summed E-state index contributed by atoms with van der Waals surface area (Å²) in [5.41, 5.74) is 1.04. The zero-order valence-electron chi connectivity index (χ0n) is 12.6. The van der Waals surface area contributed by atoms with E-state index in [2.05, 4.69) is 0 Å². The topological polar surface area (TPSA) is 20.2 Å². The van der Waals surface area contributed by atoms with Gasteiger partial charge in [-0.1, -0.05) is 18.2 Å². The molecule has 0 saturated heterocycles. The quantitative estimate of drug-likeness (QED) is 0.874. The summed E-state index contributed by atoms with van der Waals surface area (Å²) in [4.78, 5) is 0. The highest BCUT2D eigenvalue weighted by molar-refractivity contribution is 5.18. The van der Waals surface area contributed by atoms with E-state index in [1.165, 1.54) is 44.6 Å². The lowest BCUT2D eigenvalue weighted by Crippen LogP contribution is -2.47. The van der Waals surface area contributed by atoms with Gasteiger partial charge in [0.1, 0.15) is 5.82 Å². The second-order valence-corrected chi connectivity index (χ2v) is 8.07. The fourth-order valence-electron chi connectivity index (χ4n) is 6.03. The molecule has 4 saturated carbocycles. The standard InChI is InChI=1S/C19H25FO/c20-18-4-2-1-3-16(18)8-17(21)12-19-9-13-5-14(10-19)7-15(6-13)11-19/h1-4,13-15,17,21H,5-12H2. The summed E-state index contributed by atoms with van der Waals surface area (Å²) in [6, 6.07) is 6.87. The predicted molar refractivity (Wildman–Crippen MR) is 81.3 cm³/mol. The maximum Gasteiger partial charge on any atom is 0.126 e. The first-order chi connectivity index (χ1) is 10.1. The number of halogens is 1. The largest absolute Gasteiger partial charge is 0.393 e. The van der Waals surface area contributed by atoms with Crippen molar-refractivity contribution < 1.29 is 9.50 Å². The van der Waals surface area contributed by atoms with Gasteiger partial charge in [0.05, 0.1) is 6.10 Å². The molecule has 4 aliphatic carbocycles. The first kappa shape index (κ1) is 13.8. The summed E-state index contributed by atoms with van der Waals surface area (Å²) in [6.07, 6.45) is 9.19. The molecule has 0 radical (unpaired) electrons. The lowest BCUT2D eigenvalue weighted by Gasteiger charge is -2.57. The average Bonchev–Trinajstić information content (AvgIpc) is 2.39. The fourth-order valence-corrected chi connectivity index (χ4v) is 6.03. The van der Waals surface area contributed by atoms with E-state index in [4.69, 9.17) is 0 Å². The van der Waals surface area contributed by atoms with Crippen molar-refractivity contribution in [3.63, 3.8) is 0 Å². The summed E-state index contributed by atoms with van der Waals surface area (Å²) in [5, 5.41) is 10.5. The summed E-state index contributed by atoms with van der Waals surface area (Å²) in [6.45, 7) is 0. The van der Waals surface area contributed by atoms with Crippen molar-refractivity contribution in [2.75, 3.05) is 0 Å². The van der Waals surface area contributed by atoms with Crippen LogP contribution in [-0.2, 0) is 6.42 Å². The van der Waals surface area contributed by atoms with Crippen molar-refractivity contribution in [2.45, 2.75) is 57.5 Å². The monoisotopic (exact) mass is 288 g/mol. The number of benzene rings is 1. The lowest BCUT2D eigenvalue weighted by molar-refractivity contribution is -0.0756. The Kier molecular flexibility index (Phi) is 3.33. The Labute approximate surface area is 126 Å². The Morgan fingerprint density at radius 1 is 1.05 bits per heavy atom. The molecule has 0 amide bonds. The molecule has 4 bridgehead atoms. The fraction of sp³-hybridized carbons (Fsp3) is 0.684. The van der Waals surface area contributed by atoms with Crippen LogP contribution < -0.4 is 0 Å². The molecule has 1 nitrogen and oxygen atoms in total. The smallest absolute Gasteiger partial charge is 0.126 e. The average molecular weight is 288 g/mol. The number of aliphatic hydroxyl groups is 1. The van der Waals surface area contributed by atoms with Gasteiger partial charge in [0.2, 0.25) is 0 Å². The number of hydrogen-bond acceptors (Lipinski definition) is 1. The van der Waals surface area contributed by atoms with E-state index in [-0.39, 0.29) is 5.82 Å². The third kappa shape index (κ3) is 2.63. The van der Waals surface area contributed by atoms with E-state index in [9.17, 15) is 9.50 Å². The molecule has 0 aromatic heterocycles. The summed E-state index contributed by atoms with van der Waals surface area (Å²) >= 11 is 0. The molecule has 1 N–H and O–H groups in total. The van der Waals surface area contributed by atoms with Gasteiger partial charge in [-0.25, -0.2) is 4.39 Å². The molecule has 5 rings (SSSR count). The SMILES string of the molecule is OC(Cc1ccccc1F)CC12CC3CC(CC(C3)C1)C2. The van der Waals surface area contributed by atoms with Crippen LogP contribution in [0.25, 0.3) is 0 Å². The third-order valence-electron chi connectivity index (χ3n) is 6.25. The van der Waals surface area contributed by atoms with Gasteiger partial charge in [-0.3, -0.25) is 0 Å². The van der Waals surface area contributed by atoms with Crippen LogP contribution in [0.15, 0.2) is 24.3 Å². The summed E-state index contributed by atoms with van der Waals surface area (Å²) < 4.78 is 13.7. The molecule has 1 aromatic rings. The highest BCUT2D eigenvalue weighted by atomic mass is 19.1. The molecule has 21 heavy (non-hydrogen) atoms. The second kappa shape index (κ2) is 5.08. The van der Waals surface area contributed by atoms with E-state index in [0.717, 1.165) is 24.2 Å². The summed E-state index contributed by atoms with van der Waals surface area (Å²) in [5.74, 6) is 2.56. The van der Waals surface area contributed by atoms with E-state index in [1.54, 1.807) is 12.1 Å². The molecule has 1 atom stereocenters. The second-order valence-electron chi connectivity index (χ2n) is 8.07. The van der Waals surface area contributed by atoms with Gasteiger partial charge < -0.3 is 5.11 Å². The van der Waals surface area contributed by atoms with Gasteiger partial charge in [0, 0.05) is 6.42 Å². The van der Waals surface area contributed by atoms with E-state index in [1.807, 2.05) is 6.07 Å². The predicted octanol–water partition coefficient (Wildman–Crippen LogP) is 4.34. The Hall–Kier alpha value is -0.890.